The number of halogens is 3. The smallest absolute Gasteiger partial charge is 0.374 e. The van der Waals surface area contributed by atoms with Gasteiger partial charge < -0.3 is 15.0 Å². The Morgan fingerprint density at radius 3 is 2.35 bits per heavy atom. The van der Waals surface area contributed by atoms with Crippen LogP contribution in [-0.4, -0.2) is 33.4 Å². The number of hydrogen-bond donors (Lipinski definition) is 2. The molecule has 0 aliphatic heterocycles. The molecule has 1 heterocycles. The van der Waals surface area contributed by atoms with E-state index in [-0.39, 0.29) is 18.4 Å². The minimum absolute atomic E-state index is 0.104. The van der Waals surface area contributed by atoms with Gasteiger partial charge in [0.1, 0.15) is 5.82 Å². The first-order valence-electron chi connectivity index (χ1n) is 8.13. The number of aliphatic hydroxyl groups is 1. The van der Waals surface area contributed by atoms with E-state index < -0.39 is 18.2 Å². The number of imidazole rings is 1. The van der Waals surface area contributed by atoms with Crippen molar-refractivity contribution in [1.29, 1.82) is 0 Å². The fourth-order valence-corrected chi connectivity index (χ4v) is 3.72. The van der Waals surface area contributed by atoms with Crippen LogP contribution in [-0.2, 0) is 12.6 Å². The number of aryl methyl sites for hydroxylation is 1. The second kappa shape index (κ2) is 6.81. The molecule has 4 nitrogen and oxygen atoms in total. The lowest BCUT2D eigenvalue weighted by Crippen LogP contribution is -2.47. The average Bonchev–Trinajstić information content (AvgIpc) is 2.82. The van der Waals surface area contributed by atoms with E-state index in [1.807, 2.05) is 0 Å². The van der Waals surface area contributed by atoms with Crippen LogP contribution in [0.1, 0.15) is 45.4 Å². The highest BCUT2D eigenvalue weighted by molar-refractivity contribution is 5.08. The first-order chi connectivity index (χ1) is 10.6. The predicted octanol–water partition coefficient (Wildman–Crippen LogP) is 2.97. The monoisotopic (exact) mass is 333 g/mol. The Morgan fingerprint density at radius 2 is 1.87 bits per heavy atom. The van der Waals surface area contributed by atoms with Crippen LogP contribution in [0.4, 0.5) is 13.2 Å². The van der Waals surface area contributed by atoms with Gasteiger partial charge in [-0.25, -0.2) is 4.98 Å². The van der Waals surface area contributed by atoms with Crippen LogP contribution in [0.15, 0.2) is 12.4 Å². The highest BCUT2D eigenvalue weighted by Crippen LogP contribution is 2.40. The molecular weight excluding hydrogens is 307 g/mol. The van der Waals surface area contributed by atoms with Crippen LogP contribution in [0.25, 0.3) is 0 Å². The van der Waals surface area contributed by atoms with Crippen molar-refractivity contribution in [3.63, 3.8) is 0 Å². The quantitative estimate of drug-likeness (QED) is 0.871. The lowest BCUT2D eigenvalue weighted by molar-refractivity contribution is -0.272. The molecule has 1 aromatic rings. The molecule has 23 heavy (non-hydrogen) atoms. The van der Waals surface area contributed by atoms with Crippen molar-refractivity contribution < 1.29 is 18.3 Å². The van der Waals surface area contributed by atoms with Crippen molar-refractivity contribution in [3.8, 4) is 0 Å². The Morgan fingerprint density at radius 1 is 1.26 bits per heavy atom. The Bertz CT molecular complexity index is 507. The molecule has 2 rings (SSSR count). The minimum atomic E-state index is -4.76. The normalized spacial score (nSPS) is 28.6. The molecule has 1 aromatic heterocycles. The van der Waals surface area contributed by atoms with Crippen molar-refractivity contribution >= 4 is 0 Å². The van der Waals surface area contributed by atoms with Gasteiger partial charge in [-0.1, -0.05) is 13.8 Å². The third kappa shape index (κ3) is 4.07. The van der Waals surface area contributed by atoms with Gasteiger partial charge in [0.25, 0.3) is 0 Å². The summed E-state index contributed by atoms with van der Waals surface area (Å²) in [7, 11) is 1.46. The van der Waals surface area contributed by atoms with Gasteiger partial charge in [-0.3, -0.25) is 0 Å². The summed E-state index contributed by atoms with van der Waals surface area (Å²) in [5.41, 5.74) is -2.93. The number of nitrogens with one attached hydrogen (secondary N) is 1. The maximum absolute atomic E-state index is 13.4. The lowest BCUT2D eigenvalue weighted by atomic mass is 9.80. The van der Waals surface area contributed by atoms with Crippen LogP contribution >= 0.6 is 0 Å². The molecule has 1 saturated carbocycles. The van der Waals surface area contributed by atoms with E-state index in [4.69, 9.17) is 0 Å². The third-order valence-corrected chi connectivity index (χ3v) is 4.76. The Hall–Kier alpha value is -1.08. The molecule has 0 bridgehead atoms. The van der Waals surface area contributed by atoms with Gasteiger partial charge in [0.2, 0.25) is 5.60 Å². The topological polar surface area (TPSA) is 50.1 Å². The van der Waals surface area contributed by atoms with Gasteiger partial charge >= 0.3 is 6.18 Å². The molecule has 7 heteroatoms. The second-order valence-corrected chi connectivity index (χ2v) is 7.04. The Kier molecular flexibility index (Phi) is 5.41. The van der Waals surface area contributed by atoms with E-state index in [2.05, 4.69) is 24.1 Å². The van der Waals surface area contributed by atoms with Crippen LogP contribution in [0.3, 0.4) is 0 Å². The van der Waals surface area contributed by atoms with Crippen molar-refractivity contribution in [3.05, 3.63) is 18.2 Å². The van der Waals surface area contributed by atoms with Crippen LogP contribution < -0.4 is 5.32 Å². The van der Waals surface area contributed by atoms with Gasteiger partial charge in [-0.05, 0) is 37.6 Å². The molecule has 1 fully saturated rings. The first-order valence-corrected chi connectivity index (χ1v) is 8.13. The van der Waals surface area contributed by atoms with Crippen LogP contribution in [0.2, 0.25) is 0 Å². The summed E-state index contributed by atoms with van der Waals surface area (Å²) >= 11 is 0. The molecule has 4 atom stereocenters. The highest BCUT2D eigenvalue weighted by atomic mass is 19.4. The van der Waals surface area contributed by atoms with Gasteiger partial charge in [-0.15, -0.1) is 0 Å². The molecule has 2 N–H and O–H groups in total. The molecule has 0 spiro atoms. The number of alkyl halides is 3. The van der Waals surface area contributed by atoms with Gasteiger partial charge in [0.05, 0.1) is 0 Å². The van der Waals surface area contributed by atoms with Gasteiger partial charge in [0, 0.05) is 31.9 Å². The maximum atomic E-state index is 13.4. The molecule has 0 saturated heterocycles. The van der Waals surface area contributed by atoms with Gasteiger partial charge in [-0.2, -0.15) is 13.2 Å². The van der Waals surface area contributed by atoms with Crippen molar-refractivity contribution in [2.45, 2.75) is 57.3 Å². The summed E-state index contributed by atoms with van der Waals surface area (Å²) in [6.45, 7) is 4.45. The van der Waals surface area contributed by atoms with Crippen molar-refractivity contribution in [2.24, 2.45) is 18.9 Å². The summed E-state index contributed by atoms with van der Waals surface area (Å²) in [5.74, 6) is 0.789. The Balaban J connectivity index is 2.01. The van der Waals surface area contributed by atoms with Gasteiger partial charge in [0.15, 0.2) is 0 Å². The molecule has 0 radical (unpaired) electrons. The zero-order valence-electron chi connectivity index (χ0n) is 13.9. The summed E-state index contributed by atoms with van der Waals surface area (Å²) in [5, 5.41) is 13.5. The lowest BCUT2D eigenvalue weighted by Gasteiger charge is -2.34. The van der Waals surface area contributed by atoms with E-state index in [1.54, 1.807) is 0 Å². The fourth-order valence-electron chi connectivity index (χ4n) is 3.72. The predicted molar refractivity (Wildman–Crippen MR) is 81.7 cm³/mol. The zero-order valence-corrected chi connectivity index (χ0v) is 13.9. The Labute approximate surface area is 135 Å². The summed E-state index contributed by atoms with van der Waals surface area (Å²) in [6, 6.07) is 0.215. The molecule has 1 aliphatic rings. The fraction of sp³-hybridized carbons (Fsp3) is 0.812. The number of nitrogens with zero attached hydrogens (tertiary/aromatic N) is 2. The minimum Gasteiger partial charge on any atom is -0.374 e. The summed E-state index contributed by atoms with van der Waals surface area (Å²) in [6.07, 6.45) is 0.571. The number of rotatable bonds is 5. The molecular formula is C16H26F3N3O. The summed E-state index contributed by atoms with van der Waals surface area (Å²) < 4.78 is 41.4. The number of hydrogen-bond acceptors (Lipinski definition) is 3. The van der Waals surface area contributed by atoms with E-state index in [0.29, 0.717) is 11.8 Å². The van der Waals surface area contributed by atoms with E-state index in [0.717, 1.165) is 19.3 Å². The zero-order chi connectivity index (χ0) is 17.3. The first kappa shape index (κ1) is 18.3. The summed E-state index contributed by atoms with van der Waals surface area (Å²) in [4.78, 5) is 3.71. The standard InChI is InChI=1S/C16H26F3N3O/c1-11-8-12(2)10-13(9-11)20-5-4-15(23,16(17,18)19)14-21-6-7-22(14)3/h6-7,11-13,20,23H,4-5,8-10H2,1-3H3/t11-,12+,13?,15-/m0/s1. The van der Waals surface area contributed by atoms with E-state index in [9.17, 15) is 18.3 Å². The average molecular weight is 333 g/mol. The second-order valence-electron chi connectivity index (χ2n) is 7.04. The largest absolute Gasteiger partial charge is 0.424 e. The molecule has 132 valence electrons. The molecule has 1 aliphatic carbocycles. The SMILES string of the molecule is C[C@@H]1CC(NCC[C@](O)(c2nccn2C)C(F)(F)F)C[C@H](C)C1. The van der Waals surface area contributed by atoms with Crippen molar-refractivity contribution in [2.75, 3.05) is 6.54 Å². The molecule has 0 amide bonds. The number of aromatic nitrogens is 2. The third-order valence-electron chi connectivity index (χ3n) is 4.76. The molecule has 1 unspecified atom stereocenters. The van der Waals surface area contributed by atoms with Crippen molar-refractivity contribution in [1.82, 2.24) is 14.9 Å². The van der Waals surface area contributed by atoms with Crippen LogP contribution in [0, 0.1) is 11.8 Å². The van der Waals surface area contributed by atoms with E-state index in [1.165, 1.54) is 24.0 Å². The molecule has 0 aromatic carbocycles. The highest BCUT2D eigenvalue weighted by Gasteiger charge is 2.57. The van der Waals surface area contributed by atoms with E-state index >= 15 is 0 Å². The van der Waals surface area contributed by atoms with Crippen LogP contribution in [0.5, 0.6) is 0 Å². The maximum Gasteiger partial charge on any atom is 0.424 e.